The number of benzene rings is 2. The Bertz CT molecular complexity index is 601. The minimum atomic E-state index is -0.658. The molecule has 1 atom stereocenters. The molecule has 1 N–H and O–H groups in total. The van der Waals surface area contributed by atoms with Crippen LogP contribution in [-0.2, 0) is 16.1 Å². The van der Waals surface area contributed by atoms with E-state index in [1.165, 1.54) is 24.3 Å². The third-order valence-corrected chi connectivity index (χ3v) is 3.15. The molecule has 0 saturated carbocycles. The van der Waals surface area contributed by atoms with Gasteiger partial charge in [-0.3, -0.25) is 4.79 Å². The molecule has 0 unspecified atom stereocenters. The largest absolute Gasteiger partial charge is 0.481 e. The standard InChI is InChI=1S/C18H20FNO3/c1-14(23-17-9-7-16(19)8-10-17)18(21)20-11-12-22-13-15-5-3-2-4-6-15/h2-10,14H,11-13H2,1H3,(H,20,21)/t14-/m0/s1. The van der Waals surface area contributed by atoms with Crippen molar-refractivity contribution in [3.8, 4) is 5.75 Å². The van der Waals surface area contributed by atoms with Crippen molar-refractivity contribution in [2.24, 2.45) is 0 Å². The summed E-state index contributed by atoms with van der Waals surface area (Å²) < 4.78 is 23.7. The van der Waals surface area contributed by atoms with E-state index in [-0.39, 0.29) is 11.7 Å². The second-order valence-electron chi connectivity index (χ2n) is 5.04. The number of halogens is 1. The predicted octanol–water partition coefficient (Wildman–Crippen LogP) is 2.93. The molecule has 122 valence electrons. The molecule has 0 bridgehead atoms. The summed E-state index contributed by atoms with van der Waals surface area (Å²) in [7, 11) is 0. The van der Waals surface area contributed by atoms with Crippen LogP contribution in [0.25, 0.3) is 0 Å². The lowest BCUT2D eigenvalue weighted by molar-refractivity contribution is -0.127. The molecule has 2 rings (SSSR count). The van der Waals surface area contributed by atoms with Gasteiger partial charge in [-0.15, -0.1) is 0 Å². The van der Waals surface area contributed by atoms with Crippen LogP contribution in [0.2, 0.25) is 0 Å². The smallest absolute Gasteiger partial charge is 0.260 e. The molecule has 0 radical (unpaired) electrons. The van der Waals surface area contributed by atoms with Crippen molar-refractivity contribution < 1.29 is 18.7 Å². The van der Waals surface area contributed by atoms with Crippen molar-refractivity contribution >= 4 is 5.91 Å². The highest BCUT2D eigenvalue weighted by Gasteiger charge is 2.13. The fourth-order valence-corrected chi connectivity index (χ4v) is 1.93. The van der Waals surface area contributed by atoms with Crippen LogP contribution in [0, 0.1) is 5.82 Å². The lowest BCUT2D eigenvalue weighted by Gasteiger charge is -2.14. The van der Waals surface area contributed by atoms with Gasteiger partial charge in [0.25, 0.3) is 5.91 Å². The topological polar surface area (TPSA) is 47.6 Å². The Kier molecular flexibility index (Phi) is 6.56. The Morgan fingerprint density at radius 3 is 2.52 bits per heavy atom. The van der Waals surface area contributed by atoms with E-state index < -0.39 is 6.10 Å². The number of hydrogen-bond donors (Lipinski definition) is 1. The number of amides is 1. The van der Waals surface area contributed by atoms with Crippen molar-refractivity contribution in [3.05, 3.63) is 66.0 Å². The van der Waals surface area contributed by atoms with Crippen LogP contribution in [-0.4, -0.2) is 25.2 Å². The van der Waals surface area contributed by atoms with Crippen LogP contribution in [0.3, 0.4) is 0 Å². The first-order valence-electron chi connectivity index (χ1n) is 7.47. The fourth-order valence-electron chi connectivity index (χ4n) is 1.93. The number of nitrogens with one attached hydrogen (secondary N) is 1. The van der Waals surface area contributed by atoms with Gasteiger partial charge < -0.3 is 14.8 Å². The van der Waals surface area contributed by atoms with E-state index in [9.17, 15) is 9.18 Å². The summed E-state index contributed by atoms with van der Waals surface area (Å²) >= 11 is 0. The molecule has 5 heteroatoms. The summed E-state index contributed by atoms with van der Waals surface area (Å²) in [6.07, 6.45) is -0.658. The highest BCUT2D eigenvalue weighted by atomic mass is 19.1. The second-order valence-corrected chi connectivity index (χ2v) is 5.04. The number of carbonyl (C=O) groups is 1. The van der Waals surface area contributed by atoms with Gasteiger partial charge in [-0.05, 0) is 36.8 Å². The average molecular weight is 317 g/mol. The van der Waals surface area contributed by atoms with E-state index in [0.29, 0.717) is 25.5 Å². The Morgan fingerprint density at radius 2 is 1.83 bits per heavy atom. The van der Waals surface area contributed by atoms with Crippen LogP contribution >= 0.6 is 0 Å². The molecule has 0 fully saturated rings. The number of carbonyl (C=O) groups excluding carboxylic acids is 1. The molecule has 0 aliphatic heterocycles. The van der Waals surface area contributed by atoms with Crippen molar-refractivity contribution in [2.75, 3.05) is 13.2 Å². The third-order valence-electron chi connectivity index (χ3n) is 3.15. The SMILES string of the molecule is C[C@H](Oc1ccc(F)cc1)C(=O)NCCOCc1ccccc1. The zero-order valence-electron chi connectivity index (χ0n) is 13.0. The van der Waals surface area contributed by atoms with Gasteiger partial charge in [0.1, 0.15) is 11.6 Å². The van der Waals surface area contributed by atoms with Gasteiger partial charge >= 0.3 is 0 Å². The molecule has 23 heavy (non-hydrogen) atoms. The Hall–Kier alpha value is -2.40. The summed E-state index contributed by atoms with van der Waals surface area (Å²) in [4.78, 5) is 11.9. The third kappa shape index (κ3) is 6.08. The van der Waals surface area contributed by atoms with Crippen LogP contribution in [0.1, 0.15) is 12.5 Å². The van der Waals surface area contributed by atoms with Gasteiger partial charge in [-0.1, -0.05) is 30.3 Å². The van der Waals surface area contributed by atoms with E-state index >= 15 is 0 Å². The maximum atomic E-state index is 12.8. The van der Waals surface area contributed by atoms with Crippen molar-refractivity contribution in [3.63, 3.8) is 0 Å². The van der Waals surface area contributed by atoms with Gasteiger partial charge in [0, 0.05) is 6.54 Å². The summed E-state index contributed by atoms with van der Waals surface area (Å²) in [6, 6.07) is 15.4. The van der Waals surface area contributed by atoms with Crippen molar-refractivity contribution in [1.82, 2.24) is 5.32 Å². The molecule has 4 nitrogen and oxygen atoms in total. The van der Waals surface area contributed by atoms with E-state index in [0.717, 1.165) is 5.56 Å². The first kappa shape index (κ1) is 17.0. The predicted molar refractivity (Wildman–Crippen MR) is 85.6 cm³/mol. The van der Waals surface area contributed by atoms with Crippen molar-refractivity contribution in [1.29, 1.82) is 0 Å². The molecular formula is C18H20FNO3. The van der Waals surface area contributed by atoms with Gasteiger partial charge in [0.15, 0.2) is 6.10 Å². The van der Waals surface area contributed by atoms with Crippen LogP contribution in [0.15, 0.2) is 54.6 Å². The Labute approximate surface area is 135 Å². The van der Waals surface area contributed by atoms with Crippen LogP contribution in [0.4, 0.5) is 4.39 Å². The van der Waals surface area contributed by atoms with Gasteiger partial charge in [-0.25, -0.2) is 4.39 Å². The summed E-state index contributed by atoms with van der Waals surface area (Å²) in [6.45, 7) is 2.98. The lowest BCUT2D eigenvalue weighted by Crippen LogP contribution is -2.38. The van der Waals surface area contributed by atoms with Crippen LogP contribution in [0.5, 0.6) is 5.75 Å². The highest BCUT2D eigenvalue weighted by Crippen LogP contribution is 2.12. The molecule has 0 spiro atoms. The maximum absolute atomic E-state index is 12.8. The average Bonchev–Trinajstić information content (AvgIpc) is 2.57. The summed E-state index contributed by atoms with van der Waals surface area (Å²) in [5, 5.41) is 2.74. The molecular weight excluding hydrogens is 297 g/mol. The molecule has 2 aromatic rings. The minimum Gasteiger partial charge on any atom is -0.481 e. The first-order valence-corrected chi connectivity index (χ1v) is 7.47. The lowest BCUT2D eigenvalue weighted by atomic mass is 10.2. The number of rotatable bonds is 8. The maximum Gasteiger partial charge on any atom is 0.260 e. The molecule has 0 heterocycles. The van der Waals surface area contributed by atoms with Gasteiger partial charge in [-0.2, -0.15) is 0 Å². The Balaban J connectivity index is 1.63. The quantitative estimate of drug-likeness (QED) is 0.762. The van der Waals surface area contributed by atoms with Crippen LogP contribution < -0.4 is 10.1 Å². The van der Waals surface area contributed by atoms with E-state index in [4.69, 9.17) is 9.47 Å². The molecule has 0 aromatic heterocycles. The Morgan fingerprint density at radius 1 is 1.13 bits per heavy atom. The fraction of sp³-hybridized carbons (Fsp3) is 0.278. The van der Waals surface area contributed by atoms with Gasteiger partial charge in [0.05, 0.1) is 13.2 Å². The minimum absolute atomic E-state index is 0.238. The molecule has 1 amide bonds. The van der Waals surface area contributed by atoms with E-state index in [1.807, 2.05) is 30.3 Å². The van der Waals surface area contributed by atoms with Gasteiger partial charge in [0.2, 0.25) is 0 Å². The monoisotopic (exact) mass is 317 g/mol. The molecule has 2 aromatic carbocycles. The number of ether oxygens (including phenoxy) is 2. The molecule has 0 saturated heterocycles. The van der Waals surface area contributed by atoms with E-state index in [2.05, 4.69) is 5.32 Å². The second kappa shape index (κ2) is 8.90. The zero-order chi connectivity index (χ0) is 16.5. The molecule has 0 aliphatic carbocycles. The summed E-state index contributed by atoms with van der Waals surface area (Å²) in [5.41, 5.74) is 1.09. The zero-order valence-corrected chi connectivity index (χ0v) is 13.0. The van der Waals surface area contributed by atoms with E-state index in [1.54, 1.807) is 6.92 Å². The number of hydrogen-bond acceptors (Lipinski definition) is 3. The molecule has 0 aliphatic rings. The highest BCUT2D eigenvalue weighted by molar-refractivity contribution is 5.80. The summed E-state index contributed by atoms with van der Waals surface area (Å²) in [5.74, 6) is -0.128. The normalized spacial score (nSPS) is 11.7. The first-order chi connectivity index (χ1) is 11.1. The van der Waals surface area contributed by atoms with Crippen molar-refractivity contribution in [2.45, 2.75) is 19.6 Å².